The van der Waals surface area contributed by atoms with E-state index in [-0.39, 0.29) is 38.4 Å². The standard InChI is InChI=1S/C27H31F3N2O6S/c28-27(29,30)26(36)32-11-1-2-22(32)24(35)31-20-9-7-19(8-10-20)25-37-21(16-39-13-12-33)14-23(38-25)18-5-3-17(15-34)4-6-18/h3-10,21-23,25,33-34H,1-2,11-16H2,(H,31,35)/t21-,22-,23+,25+/m0/s1. The first-order chi connectivity index (χ1) is 18.7. The minimum absolute atomic E-state index is 0.0573. The van der Waals surface area contributed by atoms with E-state index in [1.165, 1.54) is 0 Å². The number of nitrogens with one attached hydrogen (secondary N) is 1. The fourth-order valence-electron chi connectivity index (χ4n) is 4.70. The third-order valence-electron chi connectivity index (χ3n) is 6.66. The number of hydrogen-bond acceptors (Lipinski definition) is 7. The molecule has 0 spiro atoms. The van der Waals surface area contributed by atoms with Crippen LogP contribution >= 0.6 is 11.8 Å². The van der Waals surface area contributed by atoms with Gasteiger partial charge in [0.15, 0.2) is 6.29 Å². The van der Waals surface area contributed by atoms with Gasteiger partial charge in [0.2, 0.25) is 5.91 Å². The Bertz CT molecular complexity index is 1120. The molecule has 2 aromatic carbocycles. The van der Waals surface area contributed by atoms with Gasteiger partial charge in [-0.3, -0.25) is 9.59 Å². The Morgan fingerprint density at radius 2 is 1.72 bits per heavy atom. The summed E-state index contributed by atoms with van der Waals surface area (Å²) in [7, 11) is 0. The maximum absolute atomic E-state index is 12.9. The lowest BCUT2D eigenvalue weighted by atomic mass is 10.0. The van der Waals surface area contributed by atoms with Crippen LogP contribution in [0, 0.1) is 0 Å². The molecule has 2 fully saturated rings. The van der Waals surface area contributed by atoms with E-state index in [4.69, 9.17) is 14.6 Å². The van der Waals surface area contributed by atoms with Gasteiger partial charge in [-0.15, -0.1) is 0 Å². The summed E-state index contributed by atoms with van der Waals surface area (Å²) < 4.78 is 51.2. The monoisotopic (exact) mass is 568 g/mol. The Morgan fingerprint density at radius 1 is 1.03 bits per heavy atom. The molecular weight excluding hydrogens is 537 g/mol. The molecule has 0 aromatic heterocycles. The highest BCUT2D eigenvalue weighted by atomic mass is 32.2. The summed E-state index contributed by atoms with van der Waals surface area (Å²) in [6, 6.07) is 13.0. The second-order valence-corrected chi connectivity index (χ2v) is 10.6. The fourth-order valence-corrected chi connectivity index (χ4v) is 5.47. The van der Waals surface area contributed by atoms with Crippen LogP contribution in [-0.4, -0.2) is 69.9 Å². The van der Waals surface area contributed by atoms with Crippen molar-refractivity contribution in [3.8, 4) is 0 Å². The van der Waals surface area contributed by atoms with Crippen molar-refractivity contribution in [2.45, 2.75) is 56.6 Å². The molecule has 2 aliphatic rings. The van der Waals surface area contributed by atoms with Crippen molar-refractivity contribution in [3.05, 3.63) is 65.2 Å². The Kier molecular flexibility index (Phi) is 9.89. The van der Waals surface area contributed by atoms with Crippen LogP contribution in [0.5, 0.6) is 0 Å². The maximum atomic E-state index is 12.9. The number of anilines is 1. The molecule has 0 saturated carbocycles. The number of alkyl halides is 3. The number of carbonyl (C=O) groups excluding carboxylic acids is 2. The lowest BCUT2D eigenvalue weighted by molar-refractivity contribution is -0.245. The maximum Gasteiger partial charge on any atom is 0.471 e. The van der Waals surface area contributed by atoms with Crippen LogP contribution in [-0.2, 0) is 25.7 Å². The smallest absolute Gasteiger partial charge is 0.396 e. The fraction of sp³-hybridized carbons (Fsp3) is 0.481. The first-order valence-corrected chi connectivity index (χ1v) is 13.8. The number of nitrogens with zero attached hydrogens (tertiary/aromatic N) is 1. The van der Waals surface area contributed by atoms with Gasteiger partial charge in [-0.05, 0) is 36.1 Å². The lowest BCUT2D eigenvalue weighted by Gasteiger charge is -2.36. The molecule has 2 aromatic rings. The zero-order valence-corrected chi connectivity index (χ0v) is 21.9. The van der Waals surface area contributed by atoms with Crippen molar-refractivity contribution >= 4 is 29.3 Å². The van der Waals surface area contributed by atoms with Crippen LogP contribution in [0.3, 0.4) is 0 Å². The minimum Gasteiger partial charge on any atom is -0.396 e. The van der Waals surface area contributed by atoms with Crippen molar-refractivity contribution in [3.63, 3.8) is 0 Å². The van der Waals surface area contributed by atoms with Gasteiger partial charge in [0.05, 0.1) is 25.4 Å². The number of amides is 2. The van der Waals surface area contributed by atoms with E-state index in [0.29, 0.717) is 40.5 Å². The largest absolute Gasteiger partial charge is 0.471 e. The third-order valence-corrected chi connectivity index (χ3v) is 7.74. The van der Waals surface area contributed by atoms with E-state index < -0.39 is 30.3 Å². The van der Waals surface area contributed by atoms with Gasteiger partial charge in [0, 0.05) is 35.7 Å². The lowest BCUT2D eigenvalue weighted by Crippen LogP contribution is -2.48. The van der Waals surface area contributed by atoms with Crippen molar-refractivity contribution in [2.75, 3.05) is 30.0 Å². The van der Waals surface area contributed by atoms with E-state index in [0.717, 1.165) is 11.1 Å². The SMILES string of the molecule is O=C(Nc1ccc([C@@H]2O[C@H](CSCCO)C[C@H](c3ccc(CO)cc3)O2)cc1)[C@@H]1CCCN1C(=O)C(F)(F)F. The number of benzene rings is 2. The number of carbonyl (C=O) groups is 2. The summed E-state index contributed by atoms with van der Waals surface area (Å²) in [5.74, 6) is -1.43. The summed E-state index contributed by atoms with van der Waals surface area (Å²) in [5, 5.41) is 21.1. The number of rotatable bonds is 9. The molecule has 0 radical (unpaired) electrons. The topological polar surface area (TPSA) is 108 Å². The first kappa shape index (κ1) is 29.3. The van der Waals surface area contributed by atoms with Gasteiger partial charge in [0.1, 0.15) is 6.04 Å². The quantitative estimate of drug-likeness (QED) is 0.394. The highest BCUT2D eigenvalue weighted by molar-refractivity contribution is 7.99. The predicted octanol–water partition coefficient (Wildman–Crippen LogP) is 3.94. The van der Waals surface area contributed by atoms with E-state index in [1.807, 2.05) is 24.3 Å². The molecule has 2 saturated heterocycles. The number of thioether (sulfide) groups is 1. The number of ether oxygens (including phenoxy) is 2. The summed E-state index contributed by atoms with van der Waals surface area (Å²) in [6.45, 7) is -0.106. The zero-order chi connectivity index (χ0) is 28.0. The van der Waals surface area contributed by atoms with Crippen molar-refractivity contribution in [1.82, 2.24) is 4.90 Å². The van der Waals surface area contributed by atoms with Gasteiger partial charge in [0.25, 0.3) is 0 Å². The molecule has 3 N–H and O–H groups in total. The number of aliphatic hydroxyl groups excluding tert-OH is 2. The van der Waals surface area contributed by atoms with Gasteiger partial charge in [-0.25, -0.2) is 0 Å². The second-order valence-electron chi connectivity index (χ2n) is 9.41. The highest BCUT2D eigenvalue weighted by Crippen LogP contribution is 2.39. The molecule has 2 heterocycles. The van der Waals surface area contributed by atoms with Crippen LogP contribution in [0.1, 0.15) is 48.3 Å². The van der Waals surface area contributed by atoms with E-state index in [9.17, 15) is 27.9 Å². The van der Waals surface area contributed by atoms with Crippen LogP contribution in [0.25, 0.3) is 0 Å². The minimum atomic E-state index is -5.03. The molecule has 212 valence electrons. The summed E-state index contributed by atoms with van der Waals surface area (Å²) in [6.07, 6.45) is -5.08. The zero-order valence-electron chi connectivity index (χ0n) is 21.1. The van der Waals surface area contributed by atoms with Gasteiger partial charge in [-0.2, -0.15) is 24.9 Å². The molecule has 2 aliphatic heterocycles. The summed E-state index contributed by atoms with van der Waals surface area (Å²) >= 11 is 1.58. The molecule has 4 rings (SSSR count). The van der Waals surface area contributed by atoms with E-state index in [2.05, 4.69) is 5.32 Å². The van der Waals surface area contributed by atoms with Gasteiger partial charge in [-0.1, -0.05) is 36.4 Å². The Morgan fingerprint density at radius 3 is 2.36 bits per heavy atom. The molecule has 0 bridgehead atoms. The summed E-state index contributed by atoms with van der Waals surface area (Å²) in [4.78, 5) is 25.0. The van der Waals surface area contributed by atoms with Crippen molar-refractivity contribution in [2.24, 2.45) is 0 Å². The van der Waals surface area contributed by atoms with Crippen molar-refractivity contribution in [1.29, 1.82) is 0 Å². The highest BCUT2D eigenvalue weighted by Gasteiger charge is 2.47. The molecule has 4 atom stereocenters. The average Bonchev–Trinajstić information content (AvgIpc) is 3.43. The molecule has 0 aliphatic carbocycles. The number of likely N-dealkylation sites (tertiary alicyclic amines) is 1. The van der Waals surface area contributed by atoms with Crippen LogP contribution in [0.4, 0.5) is 18.9 Å². The number of aliphatic hydroxyl groups is 2. The third kappa shape index (κ3) is 7.52. The van der Waals surface area contributed by atoms with Crippen LogP contribution < -0.4 is 5.32 Å². The molecule has 8 nitrogen and oxygen atoms in total. The molecule has 2 amide bonds. The van der Waals surface area contributed by atoms with Crippen LogP contribution in [0.15, 0.2) is 48.5 Å². The number of hydrogen-bond donors (Lipinski definition) is 3. The van der Waals surface area contributed by atoms with E-state index in [1.54, 1.807) is 36.0 Å². The van der Waals surface area contributed by atoms with Gasteiger partial charge < -0.3 is 29.9 Å². The second kappa shape index (κ2) is 13.1. The Hall–Kier alpha value is -2.64. The molecular formula is C27H31F3N2O6S. The molecule has 39 heavy (non-hydrogen) atoms. The normalized spacial score (nSPS) is 23.6. The first-order valence-electron chi connectivity index (χ1n) is 12.7. The van der Waals surface area contributed by atoms with Crippen molar-refractivity contribution < 1.29 is 42.4 Å². The molecule has 12 heteroatoms. The molecule has 0 unspecified atom stereocenters. The Labute approximate surface area is 228 Å². The Balaban J connectivity index is 1.44. The van der Waals surface area contributed by atoms with Crippen LogP contribution in [0.2, 0.25) is 0 Å². The number of halogens is 3. The average molecular weight is 569 g/mol. The van der Waals surface area contributed by atoms with Gasteiger partial charge >= 0.3 is 12.1 Å². The summed E-state index contributed by atoms with van der Waals surface area (Å²) in [5.41, 5.74) is 2.79. The predicted molar refractivity (Wildman–Crippen MR) is 139 cm³/mol. The van der Waals surface area contributed by atoms with E-state index >= 15 is 0 Å².